The normalized spacial score (nSPS) is 10.6. The Hall–Kier alpha value is -2.26. The number of aromatic nitrogens is 2. The van der Waals surface area contributed by atoms with Crippen molar-refractivity contribution in [3.63, 3.8) is 0 Å². The Morgan fingerprint density at radius 2 is 1.24 bits per heavy atom. The Morgan fingerprint density at radius 1 is 0.800 bits per heavy atom. The van der Waals surface area contributed by atoms with E-state index >= 15 is 0 Å². The third kappa shape index (κ3) is 4.05. The summed E-state index contributed by atoms with van der Waals surface area (Å²) >= 11 is 6.38. The van der Waals surface area contributed by atoms with E-state index in [0.717, 1.165) is 0 Å². The van der Waals surface area contributed by atoms with Gasteiger partial charge in [0.2, 0.25) is 0 Å². The number of nitrogens with two attached hydrogens (primary N) is 1. The molecule has 0 atom stereocenters. The number of benzene rings is 2. The number of nitrogens with zero attached hydrogens (tertiary/aromatic N) is 2. The van der Waals surface area contributed by atoms with E-state index in [1.807, 2.05) is 0 Å². The Labute approximate surface area is 158 Å². The zero-order chi connectivity index (χ0) is 18.0. The molecular weight excluding hydrogens is 460 g/mol. The number of hydrogen-bond acceptors (Lipinski definition) is 5. The van der Waals surface area contributed by atoms with Gasteiger partial charge in [0, 0.05) is 8.95 Å². The molecule has 0 aliphatic heterocycles. The average molecular weight is 471 g/mol. The van der Waals surface area contributed by atoms with Crippen LogP contribution in [0.1, 0.15) is 0 Å². The fourth-order valence-electron chi connectivity index (χ4n) is 2.03. The molecule has 1 heterocycles. The molecule has 3 aromatic rings. The third-order valence-corrected chi connectivity index (χ3v) is 4.24. The van der Waals surface area contributed by atoms with Crippen molar-refractivity contribution in [2.24, 2.45) is 0 Å². The highest BCUT2D eigenvalue weighted by atomic mass is 79.9. The first-order chi connectivity index (χ1) is 11.9. The minimum absolute atomic E-state index is 0.132. The van der Waals surface area contributed by atoms with Crippen LogP contribution in [-0.4, -0.2) is 9.97 Å². The van der Waals surface area contributed by atoms with Gasteiger partial charge in [0.25, 0.3) is 0 Å². The van der Waals surface area contributed by atoms with Crippen LogP contribution in [0.2, 0.25) is 0 Å². The van der Waals surface area contributed by atoms with E-state index in [-0.39, 0.29) is 28.7 Å². The van der Waals surface area contributed by atoms with Crippen LogP contribution in [0.3, 0.4) is 0 Å². The van der Waals surface area contributed by atoms with Gasteiger partial charge in [-0.3, -0.25) is 0 Å². The highest BCUT2D eigenvalue weighted by Crippen LogP contribution is 2.31. The van der Waals surface area contributed by atoms with Gasteiger partial charge in [0.15, 0.2) is 11.6 Å². The number of rotatable bonds is 4. The first-order valence-electron chi connectivity index (χ1n) is 6.98. The maximum Gasteiger partial charge on any atom is 0.159 e. The van der Waals surface area contributed by atoms with E-state index in [1.165, 1.54) is 18.5 Å². The second kappa shape index (κ2) is 7.32. The zero-order valence-corrected chi connectivity index (χ0v) is 15.7. The Morgan fingerprint density at radius 3 is 1.64 bits per heavy atom. The summed E-state index contributed by atoms with van der Waals surface area (Å²) in [4.78, 5) is 8.02. The SMILES string of the molecule is Nc1c(Nc2ccc(Br)cc2F)ncnc1Nc1ccc(Br)cc1F. The molecule has 25 heavy (non-hydrogen) atoms. The predicted molar refractivity (Wildman–Crippen MR) is 101 cm³/mol. The van der Waals surface area contributed by atoms with Crippen molar-refractivity contribution < 1.29 is 8.78 Å². The van der Waals surface area contributed by atoms with Gasteiger partial charge >= 0.3 is 0 Å². The monoisotopic (exact) mass is 469 g/mol. The van der Waals surface area contributed by atoms with Crippen molar-refractivity contribution in [2.45, 2.75) is 0 Å². The molecule has 5 nitrogen and oxygen atoms in total. The van der Waals surface area contributed by atoms with Gasteiger partial charge in [0.05, 0.1) is 11.4 Å². The topological polar surface area (TPSA) is 75.9 Å². The number of hydrogen-bond donors (Lipinski definition) is 3. The minimum atomic E-state index is -0.471. The summed E-state index contributed by atoms with van der Waals surface area (Å²) in [6.45, 7) is 0. The number of nitrogens with one attached hydrogen (secondary N) is 2. The Bertz CT molecular complexity index is 865. The van der Waals surface area contributed by atoms with E-state index < -0.39 is 11.6 Å². The molecular formula is C16H11Br2F2N5. The molecule has 9 heteroatoms. The standard InChI is InChI=1S/C16H11Br2F2N5/c17-8-1-3-12(10(19)5-8)24-15-14(21)16(23-7-22-15)25-13-4-2-9(18)6-11(13)20/h1-7H,21H2,(H2,22,23,24,25). The van der Waals surface area contributed by atoms with Gasteiger partial charge in [-0.25, -0.2) is 18.7 Å². The highest BCUT2D eigenvalue weighted by Gasteiger charge is 2.12. The molecule has 0 amide bonds. The van der Waals surface area contributed by atoms with Crippen LogP contribution in [0.4, 0.5) is 37.5 Å². The molecule has 2 aromatic carbocycles. The van der Waals surface area contributed by atoms with Gasteiger partial charge in [-0.1, -0.05) is 31.9 Å². The van der Waals surface area contributed by atoms with E-state index in [4.69, 9.17) is 5.73 Å². The van der Waals surface area contributed by atoms with Crippen LogP contribution in [-0.2, 0) is 0 Å². The summed E-state index contributed by atoms with van der Waals surface area (Å²) in [5.74, 6) is -0.533. The highest BCUT2D eigenvalue weighted by molar-refractivity contribution is 9.10. The van der Waals surface area contributed by atoms with Crippen molar-refractivity contribution >= 4 is 60.6 Å². The Balaban J connectivity index is 1.89. The summed E-state index contributed by atoms with van der Waals surface area (Å²) in [7, 11) is 0. The lowest BCUT2D eigenvalue weighted by molar-refractivity contribution is 0.631. The molecule has 0 radical (unpaired) electrons. The van der Waals surface area contributed by atoms with Gasteiger partial charge in [-0.15, -0.1) is 0 Å². The molecule has 1 aromatic heterocycles. The summed E-state index contributed by atoms with van der Waals surface area (Å²) in [6.07, 6.45) is 1.24. The largest absolute Gasteiger partial charge is 0.393 e. The van der Waals surface area contributed by atoms with Crippen molar-refractivity contribution in [2.75, 3.05) is 16.4 Å². The summed E-state index contributed by atoms with van der Waals surface area (Å²) in [5, 5.41) is 5.61. The maximum absolute atomic E-state index is 14.0. The molecule has 0 saturated carbocycles. The average Bonchev–Trinajstić information content (AvgIpc) is 2.56. The van der Waals surface area contributed by atoms with E-state index in [2.05, 4.69) is 52.5 Å². The lowest BCUT2D eigenvalue weighted by atomic mass is 10.3. The number of halogens is 4. The maximum atomic E-state index is 14.0. The summed E-state index contributed by atoms with van der Waals surface area (Å²) in [5.41, 5.74) is 6.56. The lowest BCUT2D eigenvalue weighted by Crippen LogP contribution is -2.06. The summed E-state index contributed by atoms with van der Waals surface area (Å²) < 4.78 is 29.1. The molecule has 3 rings (SSSR count). The molecule has 128 valence electrons. The first kappa shape index (κ1) is 17.6. The molecule has 0 bridgehead atoms. The van der Waals surface area contributed by atoms with E-state index in [0.29, 0.717) is 8.95 Å². The van der Waals surface area contributed by atoms with Crippen LogP contribution < -0.4 is 16.4 Å². The van der Waals surface area contributed by atoms with Crippen molar-refractivity contribution in [1.29, 1.82) is 0 Å². The van der Waals surface area contributed by atoms with Crippen molar-refractivity contribution in [3.05, 3.63) is 63.3 Å². The van der Waals surface area contributed by atoms with Crippen LogP contribution in [0.5, 0.6) is 0 Å². The van der Waals surface area contributed by atoms with Gasteiger partial charge in [-0.05, 0) is 36.4 Å². The Kier molecular flexibility index (Phi) is 5.14. The quantitative estimate of drug-likeness (QED) is 0.479. The minimum Gasteiger partial charge on any atom is -0.393 e. The van der Waals surface area contributed by atoms with E-state index in [1.54, 1.807) is 24.3 Å². The molecule has 0 saturated heterocycles. The molecule has 0 fully saturated rings. The molecule has 0 aliphatic carbocycles. The van der Waals surface area contributed by atoms with Crippen molar-refractivity contribution in [1.82, 2.24) is 9.97 Å². The van der Waals surface area contributed by atoms with Crippen molar-refractivity contribution in [3.8, 4) is 0 Å². The van der Waals surface area contributed by atoms with Crippen LogP contribution in [0.25, 0.3) is 0 Å². The van der Waals surface area contributed by atoms with Gasteiger partial charge < -0.3 is 16.4 Å². The smallest absolute Gasteiger partial charge is 0.159 e. The van der Waals surface area contributed by atoms with Crippen LogP contribution >= 0.6 is 31.9 Å². The molecule has 0 unspecified atom stereocenters. The second-order valence-electron chi connectivity index (χ2n) is 4.98. The fraction of sp³-hybridized carbons (Fsp3) is 0. The summed E-state index contributed by atoms with van der Waals surface area (Å²) in [6, 6.07) is 9.08. The lowest BCUT2D eigenvalue weighted by Gasteiger charge is -2.13. The zero-order valence-electron chi connectivity index (χ0n) is 12.5. The van der Waals surface area contributed by atoms with E-state index in [9.17, 15) is 8.78 Å². The van der Waals surface area contributed by atoms with Gasteiger partial charge in [0.1, 0.15) is 23.6 Å². The van der Waals surface area contributed by atoms with Crippen LogP contribution in [0, 0.1) is 11.6 Å². The fourth-order valence-corrected chi connectivity index (χ4v) is 2.70. The molecule has 0 spiro atoms. The first-order valence-corrected chi connectivity index (χ1v) is 8.57. The third-order valence-electron chi connectivity index (χ3n) is 3.25. The van der Waals surface area contributed by atoms with Gasteiger partial charge in [-0.2, -0.15) is 0 Å². The predicted octanol–water partition coefficient (Wildman–Crippen LogP) is 5.35. The number of nitrogen functional groups attached to an aromatic ring is 1. The second-order valence-corrected chi connectivity index (χ2v) is 6.81. The molecule has 4 N–H and O–H groups in total. The van der Waals surface area contributed by atoms with Crippen LogP contribution in [0.15, 0.2) is 51.7 Å². The molecule has 0 aliphatic rings. The number of anilines is 5.